The van der Waals surface area contributed by atoms with E-state index in [1.54, 1.807) is 37.3 Å². The average Bonchev–Trinajstić information content (AvgIpc) is 3.21. The Kier molecular flexibility index (Phi) is 6.58. The van der Waals surface area contributed by atoms with E-state index in [-0.39, 0.29) is 17.4 Å². The second-order valence-electron chi connectivity index (χ2n) is 8.73. The summed E-state index contributed by atoms with van der Waals surface area (Å²) in [6, 6.07) is 27.3. The van der Waals surface area contributed by atoms with Crippen molar-refractivity contribution in [2.45, 2.75) is 25.3 Å². The number of rotatable bonds is 8. The Hall–Kier alpha value is -4.30. The number of ether oxygens (including phenoxy) is 1. The van der Waals surface area contributed by atoms with Crippen LogP contribution in [0.5, 0.6) is 5.75 Å². The zero-order valence-corrected chi connectivity index (χ0v) is 21.4. The normalized spacial score (nSPS) is 11.5. The molecule has 0 spiro atoms. The molecule has 4 aromatic carbocycles. The molecule has 2 N–H and O–H groups in total. The van der Waals surface area contributed by atoms with E-state index in [4.69, 9.17) is 4.74 Å². The highest BCUT2D eigenvalue weighted by molar-refractivity contribution is 7.92. The number of aromatic nitrogens is 1. The summed E-state index contributed by atoms with van der Waals surface area (Å²) >= 11 is 0. The molecular formula is C29H27N3O4S. The van der Waals surface area contributed by atoms with Gasteiger partial charge in [0.25, 0.3) is 15.9 Å². The van der Waals surface area contributed by atoms with E-state index in [2.05, 4.69) is 33.7 Å². The van der Waals surface area contributed by atoms with E-state index in [0.717, 1.165) is 28.4 Å². The molecule has 0 unspecified atom stereocenters. The number of nitrogens with one attached hydrogen (secondary N) is 2. The van der Waals surface area contributed by atoms with Crippen LogP contribution < -0.4 is 14.8 Å². The number of anilines is 2. The molecule has 5 aromatic rings. The second kappa shape index (κ2) is 9.99. The minimum Gasteiger partial charge on any atom is -0.483 e. The molecule has 0 saturated heterocycles. The molecule has 0 aliphatic heterocycles. The number of benzene rings is 4. The molecule has 0 saturated carbocycles. The van der Waals surface area contributed by atoms with E-state index in [9.17, 15) is 13.2 Å². The van der Waals surface area contributed by atoms with Crippen molar-refractivity contribution < 1.29 is 17.9 Å². The minimum absolute atomic E-state index is 0.116. The molecule has 0 atom stereocenters. The number of hydrogen-bond acceptors (Lipinski definition) is 4. The van der Waals surface area contributed by atoms with Crippen molar-refractivity contribution in [3.05, 3.63) is 96.6 Å². The van der Waals surface area contributed by atoms with Crippen molar-refractivity contribution in [3.63, 3.8) is 0 Å². The van der Waals surface area contributed by atoms with Crippen molar-refractivity contribution >= 4 is 49.1 Å². The van der Waals surface area contributed by atoms with Crippen molar-refractivity contribution in [2.75, 3.05) is 16.6 Å². The van der Waals surface area contributed by atoms with Gasteiger partial charge in [-0.1, -0.05) is 36.4 Å². The number of amides is 1. The lowest BCUT2D eigenvalue weighted by Gasteiger charge is -2.12. The third kappa shape index (κ3) is 5.01. The molecule has 1 aromatic heterocycles. The number of carbonyl (C=O) groups is 1. The predicted molar refractivity (Wildman–Crippen MR) is 148 cm³/mol. The fourth-order valence-corrected chi connectivity index (χ4v) is 5.63. The number of aryl methyl sites for hydroxylation is 2. The van der Waals surface area contributed by atoms with Gasteiger partial charge in [0, 0.05) is 39.7 Å². The number of sulfonamides is 1. The van der Waals surface area contributed by atoms with E-state index < -0.39 is 10.0 Å². The largest absolute Gasteiger partial charge is 0.483 e. The van der Waals surface area contributed by atoms with Crippen LogP contribution in [0.2, 0.25) is 0 Å². The van der Waals surface area contributed by atoms with E-state index in [0.29, 0.717) is 22.7 Å². The van der Waals surface area contributed by atoms with Crippen LogP contribution in [0.25, 0.3) is 21.8 Å². The number of hydrogen-bond donors (Lipinski definition) is 2. The lowest BCUT2D eigenvalue weighted by atomic mass is 10.1. The van der Waals surface area contributed by atoms with Gasteiger partial charge < -0.3 is 14.6 Å². The van der Waals surface area contributed by atoms with Gasteiger partial charge >= 0.3 is 0 Å². The zero-order valence-electron chi connectivity index (χ0n) is 20.6. The van der Waals surface area contributed by atoms with Crippen molar-refractivity contribution in [2.24, 2.45) is 0 Å². The fourth-order valence-electron chi connectivity index (χ4n) is 4.48. The monoisotopic (exact) mass is 513 g/mol. The van der Waals surface area contributed by atoms with Crippen LogP contribution in [0.4, 0.5) is 11.4 Å². The third-order valence-electron chi connectivity index (χ3n) is 6.21. The van der Waals surface area contributed by atoms with Crippen LogP contribution in [0.3, 0.4) is 0 Å². The van der Waals surface area contributed by atoms with E-state index in [1.807, 2.05) is 36.4 Å². The Morgan fingerprint density at radius 3 is 2.32 bits per heavy atom. The summed E-state index contributed by atoms with van der Waals surface area (Å²) in [6.45, 7) is 4.50. The van der Waals surface area contributed by atoms with E-state index in [1.165, 1.54) is 12.1 Å². The topological polar surface area (TPSA) is 89.4 Å². The first-order chi connectivity index (χ1) is 17.9. The Morgan fingerprint density at radius 1 is 0.838 bits per heavy atom. The quantitative estimate of drug-likeness (QED) is 0.269. The highest BCUT2D eigenvalue weighted by atomic mass is 32.2. The molecular weight excluding hydrogens is 486 g/mol. The lowest BCUT2D eigenvalue weighted by molar-refractivity contribution is -0.118. The molecule has 1 heterocycles. The molecule has 7 nitrogen and oxygen atoms in total. The van der Waals surface area contributed by atoms with Crippen LogP contribution in [-0.4, -0.2) is 25.5 Å². The van der Waals surface area contributed by atoms with Gasteiger partial charge in [-0.2, -0.15) is 0 Å². The van der Waals surface area contributed by atoms with E-state index >= 15 is 0 Å². The molecule has 1 amide bonds. The first-order valence-electron chi connectivity index (χ1n) is 12.0. The highest BCUT2D eigenvalue weighted by Crippen LogP contribution is 2.31. The van der Waals surface area contributed by atoms with Gasteiger partial charge in [-0.3, -0.25) is 9.52 Å². The Balaban J connectivity index is 1.27. The fraction of sp³-hybridized carbons (Fsp3) is 0.138. The Labute approximate surface area is 215 Å². The van der Waals surface area contributed by atoms with Crippen LogP contribution in [0.15, 0.2) is 95.9 Å². The molecule has 0 aliphatic carbocycles. The maximum Gasteiger partial charge on any atom is 0.262 e. The predicted octanol–water partition coefficient (Wildman–Crippen LogP) is 5.94. The van der Waals surface area contributed by atoms with Gasteiger partial charge in [0.15, 0.2) is 6.61 Å². The minimum atomic E-state index is -3.75. The summed E-state index contributed by atoms with van der Waals surface area (Å²) in [5.41, 5.74) is 4.05. The van der Waals surface area contributed by atoms with Gasteiger partial charge in [-0.25, -0.2) is 8.42 Å². The number of carbonyl (C=O) groups excluding carboxylic acids is 1. The molecule has 0 bridgehead atoms. The van der Waals surface area contributed by atoms with Gasteiger partial charge in [0.2, 0.25) is 0 Å². The number of nitrogens with zero attached hydrogens (tertiary/aromatic N) is 1. The lowest BCUT2D eigenvalue weighted by Crippen LogP contribution is -2.20. The van der Waals surface area contributed by atoms with Crippen LogP contribution in [0, 0.1) is 6.92 Å². The molecule has 0 aliphatic rings. The third-order valence-corrected chi connectivity index (χ3v) is 7.59. The highest BCUT2D eigenvalue weighted by Gasteiger charge is 2.16. The average molecular weight is 514 g/mol. The first kappa shape index (κ1) is 24.4. The summed E-state index contributed by atoms with van der Waals surface area (Å²) in [5, 5.41) is 5.11. The van der Waals surface area contributed by atoms with Crippen molar-refractivity contribution in [3.8, 4) is 5.75 Å². The van der Waals surface area contributed by atoms with Gasteiger partial charge in [-0.15, -0.1) is 0 Å². The molecule has 8 heteroatoms. The Morgan fingerprint density at radius 2 is 1.57 bits per heavy atom. The van der Waals surface area contributed by atoms with Crippen molar-refractivity contribution in [1.82, 2.24) is 4.57 Å². The number of para-hydroxylation sites is 2. The second-order valence-corrected chi connectivity index (χ2v) is 10.4. The van der Waals surface area contributed by atoms with Crippen LogP contribution in [0.1, 0.15) is 12.5 Å². The molecule has 188 valence electrons. The maximum atomic E-state index is 12.7. The Bertz CT molecular complexity index is 1710. The van der Waals surface area contributed by atoms with Gasteiger partial charge in [0.05, 0.1) is 4.90 Å². The van der Waals surface area contributed by atoms with Crippen LogP contribution >= 0.6 is 0 Å². The summed E-state index contributed by atoms with van der Waals surface area (Å²) < 4.78 is 35.9. The van der Waals surface area contributed by atoms with Crippen molar-refractivity contribution in [1.29, 1.82) is 0 Å². The molecule has 5 rings (SSSR count). The van der Waals surface area contributed by atoms with Gasteiger partial charge in [0.1, 0.15) is 5.75 Å². The zero-order chi connectivity index (χ0) is 26.0. The molecule has 0 fully saturated rings. The summed E-state index contributed by atoms with van der Waals surface area (Å²) in [7, 11) is -3.75. The summed E-state index contributed by atoms with van der Waals surface area (Å²) in [6.07, 6.45) is 0. The summed E-state index contributed by atoms with van der Waals surface area (Å²) in [5.74, 6) is 0.135. The molecule has 37 heavy (non-hydrogen) atoms. The number of fused-ring (bicyclic) bond motifs is 3. The first-order valence-corrected chi connectivity index (χ1v) is 13.5. The smallest absolute Gasteiger partial charge is 0.262 e. The standard InChI is InChI=1S/C29H27N3O4S/c1-3-32-26-12-8-7-11-24(26)25-18-22(13-15-27(25)32)30-29(33)19-36-28-16-14-23(17-20(28)2)37(34,35)31-21-9-5-4-6-10-21/h4-18,31H,3,19H2,1-2H3,(H,30,33). The maximum absolute atomic E-state index is 12.7. The SMILES string of the molecule is CCn1c2ccccc2c2cc(NC(=O)COc3ccc(S(=O)(=O)Nc4ccccc4)cc3C)ccc21. The van der Waals surface area contributed by atoms with Crippen LogP contribution in [-0.2, 0) is 21.4 Å². The van der Waals surface area contributed by atoms with Gasteiger partial charge in [-0.05, 0) is 74.0 Å². The molecule has 0 radical (unpaired) electrons. The summed E-state index contributed by atoms with van der Waals surface area (Å²) in [4.78, 5) is 12.8.